The maximum absolute atomic E-state index is 9.93. The zero-order valence-electron chi connectivity index (χ0n) is 4.41. The molecule has 0 fully saturated rings. The zero-order chi connectivity index (χ0) is 6.85. The Morgan fingerprint density at radius 3 is 2.67 bits per heavy atom. The average molecular weight is 190 g/mol. The first-order valence-electron chi connectivity index (χ1n) is 2.22. The number of rotatable bonds is 1. The molecule has 2 N–H and O–H groups in total. The first-order valence-corrected chi connectivity index (χ1v) is 2.93. The molecule has 1 heterocycles. The molecule has 1 aromatic rings. The molecule has 0 aliphatic heterocycles. The van der Waals surface area contributed by atoms with Gasteiger partial charge in [0.25, 0.3) is 0 Å². The predicted octanol–water partition coefficient (Wildman–Crippen LogP) is 1.63. The third-order valence-electron chi connectivity index (χ3n) is 0.932. The van der Waals surface area contributed by atoms with Crippen LogP contribution in [-0.4, -0.2) is 3.59 Å². The van der Waals surface area contributed by atoms with E-state index in [4.69, 9.17) is 5.73 Å². The molecule has 0 saturated carbocycles. The van der Waals surface area contributed by atoms with Crippen LogP contribution in [0.25, 0.3) is 0 Å². The van der Waals surface area contributed by atoms with Crippen LogP contribution in [-0.2, 0) is 0 Å². The van der Waals surface area contributed by atoms with Gasteiger partial charge in [0, 0.05) is 6.20 Å². The second kappa shape index (κ2) is 2.18. The first-order chi connectivity index (χ1) is 4.25. The van der Waals surface area contributed by atoms with Crippen LogP contribution < -0.4 is 5.73 Å². The molecule has 1 rings (SSSR count). The van der Waals surface area contributed by atoms with E-state index in [1.165, 1.54) is 3.59 Å². The molecule has 5 heteroatoms. The molecule has 0 atom stereocenters. The molecule has 0 aliphatic carbocycles. The van der Waals surface area contributed by atoms with E-state index >= 15 is 0 Å². The van der Waals surface area contributed by atoms with Crippen LogP contribution >= 0.6 is 16.1 Å². The van der Waals surface area contributed by atoms with Crippen LogP contribution in [0.1, 0.15) is 0 Å². The number of aromatic nitrogens is 1. The van der Waals surface area contributed by atoms with Gasteiger partial charge >= 0.3 is 0 Å². The second-order valence-electron chi connectivity index (χ2n) is 1.50. The molecule has 1 aromatic heterocycles. The van der Waals surface area contributed by atoms with Crippen molar-refractivity contribution in [3.63, 3.8) is 0 Å². The van der Waals surface area contributed by atoms with E-state index in [-0.39, 0.29) is 5.82 Å². The lowest BCUT2D eigenvalue weighted by atomic mass is 10.5. The summed E-state index contributed by atoms with van der Waals surface area (Å²) < 4.78 is 1.38. The molecule has 0 saturated heterocycles. The monoisotopic (exact) mass is 189 g/mol. The second-order valence-corrected chi connectivity index (χ2v) is 2.26. The Labute approximate surface area is 60.0 Å². The molecular weight excluding hydrogens is 186 g/mol. The van der Waals surface area contributed by atoms with Crippen molar-refractivity contribution in [3.05, 3.63) is 17.2 Å². The summed E-state index contributed by atoms with van der Waals surface area (Å²) in [5, 5.41) is 2.67. The topological polar surface area (TPSA) is 60.4 Å². The van der Waals surface area contributed by atoms with E-state index in [2.05, 4.69) is 21.3 Å². The Balaban J connectivity index is 3.22. The third-order valence-corrected chi connectivity index (χ3v) is 1.50. The summed E-state index contributed by atoms with van der Waals surface area (Å²) in [6, 6.07) is 1.59. The highest BCUT2D eigenvalue weighted by Crippen LogP contribution is 2.24. The fraction of sp³-hybridized carbons (Fsp3) is 0. The predicted molar refractivity (Wildman–Crippen MR) is 38.6 cm³/mol. The minimum absolute atomic E-state index is 0.204. The summed E-state index contributed by atoms with van der Waals surface area (Å²) in [4.78, 5) is 9.93. The highest BCUT2D eigenvalue weighted by molar-refractivity contribution is 9.08. The van der Waals surface area contributed by atoms with Crippen molar-refractivity contribution in [2.45, 2.75) is 0 Å². The number of nitroso groups, excluding NO2 is 1. The Hall–Kier alpha value is -0.840. The van der Waals surface area contributed by atoms with Crippen molar-refractivity contribution in [2.75, 3.05) is 5.73 Å². The van der Waals surface area contributed by atoms with Gasteiger partial charge in [-0.3, -0.25) is 3.59 Å². The summed E-state index contributed by atoms with van der Waals surface area (Å²) in [6.45, 7) is 0. The third kappa shape index (κ3) is 0.951. The van der Waals surface area contributed by atoms with Crippen LogP contribution in [0, 0.1) is 4.91 Å². The maximum atomic E-state index is 9.93. The lowest BCUT2D eigenvalue weighted by Gasteiger charge is -1.87. The van der Waals surface area contributed by atoms with Gasteiger partial charge in [-0.1, -0.05) is 0 Å². The van der Waals surface area contributed by atoms with Crippen molar-refractivity contribution in [1.82, 2.24) is 3.59 Å². The van der Waals surface area contributed by atoms with Gasteiger partial charge in [0.2, 0.25) is 5.82 Å². The molecule has 0 spiro atoms. The van der Waals surface area contributed by atoms with E-state index in [9.17, 15) is 4.91 Å². The molecule has 9 heavy (non-hydrogen) atoms. The molecule has 0 aromatic carbocycles. The van der Waals surface area contributed by atoms with Gasteiger partial charge in [-0.05, 0) is 11.2 Å². The van der Waals surface area contributed by atoms with Crippen LogP contribution in [0.5, 0.6) is 0 Å². The van der Waals surface area contributed by atoms with E-state index in [1.807, 2.05) is 0 Å². The van der Waals surface area contributed by atoms with Gasteiger partial charge in [0.15, 0.2) is 0 Å². The largest absolute Gasteiger partial charge is 0.396 e. The number of hydrogen-bond acceptors (Lipinski definition) is 3. The van der Waals surface area contributed by atoms with Gasteiger partial charge in [0.1, 0.15) is 0 Å². The molecule has 48 valence electrons. The van der Waals surface area contributed by atoms with Crippen LogP contribution in [0.2, 0.25) is 0 Å². The van der Waals surface area contributed by atoms with Gasteiger partial charge in [0.05, 0.1) is 21.8 Å². The lowest BCUT2D eigenvalue weighted by molar-refractivity contribution is 1.27. The number of nitrogen functional groups attached to an aromatic ring is 1. The average Bonchev–Trinajstić information content (AvgIpc) is 2.12. The SMILES string of the molecule is Nc1ccn(Br)c1N=O. The number of nitrogens with two attached hydrogens (primary N) is 1. The van der Waals surface area contributed by atoms with Crippen LogP contribution in [0.15, 0.2) is 17.4 Å². The van der Waals surface area contributed by atoms with Gasteiger partial charge < -0.3 is 5.73 Å². The Kier molecular flexibility index (Phi) is 1.52. The Morgan fingerprint density at radius 1 is 1.78 bits per heavy atom. The number of hydrogen-bond donors (Lipinski definition) is 1. The first kappa shape index (κ1) is 6.28. The maximum Gasteiger partial charge on any atom is 0.210 e. The summed E-state index contributed by atoms with van der Waals surface area (Å²) in [7, 11) is 0. The minimum Gasteiger partial charge on any atom is -0.396 e. The lowest BCUT2D eigenvalue weighted by Crippen LogP contribution is -1.80. The fourth-order valence-corrected chi connectivity index (χ4v) is 0.894. The molecule has 0 unspecified atom stereocenters. The summed E-state index contributed by atoms with van der Waals surface area (Å²) in [5.74, 6) is 0.204. The van der Waals surface area contributed by atoms with Gasteiger partial charge in [-0.15, -0.1) is 4.91 Å². The molecule has 0 amide bonds. The fourth-order valence-electron chi connectivity index (χ4n) is 0.506. The van der Waals surface area contributed by atoms with Gasteiger partial charge in [-0.25, -0.2) is 0 Å². The smallest absolute Gasteiger partial charge is 0.210 e. The van der Waals surface area contributed by atoms with Crippen molar-refractivity contribution in [2.24, 2.45) is 5.18 Å². The summed E-state index contributed by atoms with van der Waals surface area (Å²) >= 11 is 3.02. The number of nitrogens with zero attached hydrogens (tertiary/aromatic N) is 2. The van der Waals surface area contributed by atoms with Crippen molar-refractivity contribution in [1.29, 1.82) is 0 Å². The highest BCUT2D eigenvalue weighted by Gasteiger charge is 2.02. The summed E-state index contributed by atoms with van der Waals surface area (Å²) in [5.41, 5.74) is 5.68. The van der Waals surface area contributed by atoms with E-state index in [1.54, 1.807) is 12.3 Å². The quantitative estimate of drug-likeness (QED) is 0.684. The van der Waals surface area contributed by atoms with E-state index in [0.717, 1.165) is 0 Å². The van der Waals surface area contributed by atoms with Crippen molar-refractivity contribution >= 4 is 27.7 Å². The van der Waals surface area contributed by atoms with Gasteiger partial charge in [-0.2, -0.15) is 0 Å². The zero-order valence-corrected chi connectivity index (χ0v) is 6.00. The Bertz CT molecular complexity index is 212. The van der Waals surface area contributed by atoms with Crippen LogP contribution in [0.4, 0.5) is 11.5 Å². The standard InChI is InChI=1S/C4H4BrN3O/c5-8-2-1-3(6)4(8)7-9/h1-2H,6H2. The Morgan fingerprint density at radius 2 is 2.44 bits per heavy atom. The van der Waals surface area contributed by atoms with Crippen LogP contribution in [0.3, 0.4) is 0 Å². The molecule has 0 bridgehead atoms. The number of anilines is 1. The molecule has 0 radical (unpaired) electrons. The number of halogens is 1. The van der Waals surface area contributed by atoms with E-state index in [0.29, 0.717) is 5.69 Å². The normalized spacial score (nSPS) is 9.44. The van der Waals surface area contributed by atoms with Crippen molar-refractivity contribution < 1.29 is 0 Å². The minimum atomic E-state index is 0.204. The summed E-state index contributed by atoms with van der Waals surface area (Å²) in [6.07, 6.45) is 1.60. The van der Waals surface area contributed by atoms with Crippen molar-refractivity contribution in [3.8, 4) is 0 Å². The molecular formula is C4H4BrN3O. The molecule has 4 nitrogen and oxygen atoms in total. The highest BCUT2D eigenvalue weighted by atomic mass is 79.9. The molecule has 0 aliphatic rings. The van der Waals surface area contributed by atoms with E-state index < -0.39 is 0 Å².